The maximum absolute atomic E-state index is 14.0. The first kappa shape index (κ1) is 21.7. The van der Waals surface area contributed by atoms with Crippen LogP contribution >= 0.6 is 0 Å². The Balaban J connectivity index is 1.48. The number of aliphatic imine (C=N–C) groups is 2. The molecule has 1 saturated carbocycles. The lowest BCUT2D eigenvalue weighted by Crippen LogP contribution is -2.50. The summed E-state index contributed by atoms with van der Waals surface area (Å²) in [5.41, 5.74) is 1.20. The number of halogens is 2. The highest BCUT2D eigenvalue weighted by Gasteiger charge is 2.38. The van der Waals surface area contributed by atoms with E-state index in [1.807, 2.05) is 30.1 Å². The summed E-state index contributed by atoms with van der Waals surface area (Å²) in [6.07, 6.45) is 3.69. The van der Waals surface area contributed by atoms with Crippen molar-refractivity contribution in [1.29, 1.82) is 0 Å². The molecule has 0 aromatic heterocycles. The Labute approximate surface area is 182 Å². The Morgan fingerprint density at radius 3 is 2.77 bits per heavy atom. The number of guanidine groups is 1. The van der Waals surface area contributed by atoms with Gasteiger partial charge in [0.05, 0.1) is 6.54 Å². The predicted octanol–water partition coefficient (Wildman–Crippen LogP) is 2.95. The lowest BCUT2D eigenvalue weighted by Gasteiger charge is -2.37. The molecule has 2 heterocycles. The van der Waals surface area contributed by atoms with Crippen molar-refractivity contribution >= 4 is 17.7 Å². The fourth-order valence-corrected chi connectivity index (χ4v) is 4.00. The van der Waals surface area contributed by atoms with Crippen molar-refractivity contribution in [2.24, 2.45) is 15.9 Å². The number of nitrogens with one attached hydrogen (secondary N) is 1. The van der Waals surface area contributed by atoms with E-state index < -0.39 is 12.0 Å². The Morgan fingerprint density at radius 1 is 1.29 bits per heavy atom. The molecular weight excluding hydrogens is 400 g/mol. The number of benzene rings is 1. The Bertz CT molecular complexity index is 838. The lowest BCUT2D eigenvalue weighted by molar-refractivity contribution is -0.122. The number of carbonyl (C=O) groups excluding carboxylic acids is 1. The molecule has 1 amide bonds. The van der Waals surface area contributed by atoms with Gasteiger partial charge in [0.15, 0.2) is 0 Å². The smallest absolute Gasteiger partial charge is 0.265 e. The molecule has 8 heteroatoms. The summed E-state index contributed by atoms with van der Waals surface area (Å²) in [6.45, 7) is 1.53. The second-order valence-corrected chi connectivity index (χ2v) is 8.90. The van der Waals surface area contributed by atoms with Crippen LogP contribution in [0.1, 0.15) is 37.7 Å². The van der Waals surface area contributed by atoms with Crippen LogP contribution in [0.4, 0.5) is 8.78 Å². The monoisotopic (exact) mass is 431 g/mol. The average Bonchev–Trinajstić information content (AvgIpc) is 3.60. The summed E-state index contributed by atoms with van der Waals surface area (Å²) in [7, 11) is 1.89. The van der Waals surface area contributed by atoms with Crippen LogP contribution in [-0.2, 0) is 11.2 Å². The number of carbonyl (C=O) groups is 1. The van der Waals surface area contributed by atoms with Crippen LogP contribution in [0.3, 0.4) is 0 Å². The third-order valence-electron chi connectivity index (χ3n) is 6.12. The van der Waals surface area contributed by atoms with E-state index in [1.54, 1.807) is 4.90 Å². The molecular formula is C23H31F2N5O. The average molecular weight is 432 g/mol. The van der Waals surface area contributed by atoms with Crippen LogP contribution in [-0.4, -0.2) is 72.7 Å². The van der Waals surface area contributed by atoms with Crippen LogP contribution in [0.25, 0.3) is 0 Å². The van der Waals surface area contributed by atoms with Gasteiger partial charge in [-0.3, -0.25) is 4.79 Å². The van der Waals surface area contributed by atoms with Crippen molar-refractivity contribution in [1.82, 2.24) is 15.1 Å². The first-order chi connectivity index (χ1) is 14.9. The molecule has 168 valence electrons. The van der Waals surface area contributed by atoms with E-state index in [2.05, 4.69) is 27.4 Å². The number of likely N-dealkylation sites (N-methyl/N-ethyl adjacent to an activating group) is 1. The molecule has 3 aliphatic rings. The quantitative estimate of drug-likeness (QED) is 0.754. The highest BCUT2D eigenvalue weighted by molar-refractivity contribution is 6.02. The fourth-order valence-electron chi connectivity index (χ4n) is 4.00. The van der Waals surface area contributed by atoms with Gasteiger partial charge in [0, 0.05) is 39.5 Å². The third kappa shape index (κ3) is 6.02. The number of rotatable bonds is 6. The van der Waals surface area contributed by atoms with Gasteiger partial charge in [-0.15, -0.1) is 0 Å². The van der Waals surface area contributed by atoms with Crippen molar-refractivity contribution in [3.63, 3.8) is 0 Å². The number of nitrogens with zero attached hydrogens (tertiary/aromatic N) is 4. The zero-order valence-electron chi connectivity index (χ0n) is 18.1. The van der Waals surface area contributed by atoms with Gasteiger partial charge in [-0.05, 0) is 37.2 Å². The molecule has 1 aliphatic carbocycles. The molecule has 1 aromatic carbocycles. The standard InChI is InChI=1S/C23H31F2N5O/c1-29(13-10-17-6-3-2-4-7-17)22-27-19(21(31)26-15-18-8-9-18)14-20(28-22)30-12-5-11-23(24,25)16-30/h2-4,6-7,18-19H,5,8-16H2,1H3,(H,26,31). The summed E-state index contributed by atoms with van der Waals surface area (Å²) in [4.78, 5) is 25.6. The molecule has 4 rings (SSSR count). The van der Waals surface area contributed by atoms with Crippen LogP contribution in [0.5, 0.6) is 0 Å². The van der Waals surface area contributed by atoms with Gasteiger partial charge >= 0.3 is 0 Å². The van der Waals surface area contributed by atoms with Gasteiger partial charge in [0.2, 0.25) is 11.9 Å². The van der Waals surface area contributed by atoms with E-state index in [9.17, 15) is 13.6 Å². The summed E-state index contributed by atoms with van der Waals surface area (Å²) in [5.74, 6) is -1.31. The second-order valence-electron chi connectivity index (χ2n) is 8.90. The molecule has 31 heavy (non-hydrogen) atoms. The summed E-state index contributed by atoms with van der Waals surface area (Å²) in [5, 5.41) is 2.99. The zero-order chi connectivity index (χ0) is 21.8. The Hall–Kier alpha value is -2.51. The van der Waals surface area contributed by atoms with Gasteiger partial charge < -0.3 is 15.1 Å². The van der Waals surface area contributed by atoms with E-state index in [-0.39, 0.29) is 25.3 Å². The van der Waals surface area contributed by atoms with Crippen LogP contribution in [0, 0.1) is 5.92 Å². The Morgan fingerprint density at radius 2 is 2.06 bits per heavy atom. The molecule has 1 N–H and O–H groups in total. The van der Waals surface area contributed by atoms with Gasteiger partial charge in [-0.2, -0.15) is 0 Å². The fraction of sp³-hybridized carbons (Fsp3) is 0.609. The number of likely N-dealkylation sites (tertiary alicyclic amines) is 1. The number of piperidine rings is 1. The Kier molecular flexibility index (Phi) is 6.53. The minimum Gasteiger partial charge on any atom is -0.354 e. The van der Waals surface area contributed by atoms with Crippen molar-refractivity contribution in [2.75, 3.05) is 33.2 Å². The van der Waals surface area contributed by atoms with Crippen molar-refractivity contribution in [3.05, 3.63) is 35.9 Å². The first-order valence-corrected chi connectivity index (χ1v) is 11.2. The van der Waals surface area contributed by atoms with Crippen molar-refractivity contribution in [2.45, 2.75) is 50.5 Å². The van der Waals surface area contributed by atoms with Gasteiger partial charge in [-0.1, -0.05) is 30.3 Å². The van der Waals surface area contributed by atoms with Crippen LogP contribution in [0.2, 0.25) is 0 Å². The maximum Gasteiger partial charge on any atom is 0.265 e. The molecule has 2 fully saturated rings. The molecule has 1 saturated heterocycles. The minimum absolute atomic E-state index is 0.0972. The highest BCUT2D eigenvalue weighted by atomic mass is 19.3. The molecule has 2 aliphatic heterocycles. The van der Waals surface area contributed by atoms with E-state index in [0.29, 0.717) is 43.8 Å². The van der Waals surface area contributed by atoms with E-state index >= 15 is 0 Å². The normalized spacial score (nSPS) is 23.1. The minimum atomic E-state index is -2.72. The van der Waals surface area contributed by atoms with E-state index in [0.717, 1.165) is 19.3 Å². The summed E-state index contributed by atoms with van der Waals surface area (Å²) >= 11 is 0. The van der Waals surface area contributed by atoms with E-state index in [4.69, 9.17) is 0 Å². The first-order valence-electron chi connectivity index (χ1n) is 11.2. The third-order valence-corrected chi connectivity index (χ3v) is 6.12. The number of hydrogen-bond donors (Lipinski definition) is 1. The summed E-state index contributed by atoms with van der Waals surface area (Å²) < 4.78 is 28.1. The molecule has 1 aromatic rings. The molecule has 1 atom stereocenters. The topological polar surface area (TPSA) is 60.3 Å². The van der Waals surface area contributed by atoms with Gasteiger partial charge in [-0.25, -0.2) is 18.8 Å². The molecule has 0 radical (unpaired) electrons. The van der Waals surface area contributed by atoms with E-state index in [1.165, 1.54) is 5.56 Å². The highest BCUT2D eigenvalue weighted by Crippen LogP contribution is 2.29. The van der Waals surface area contributed by atoms with Crippen molar-refractivity contribution in [3.8, 4) is 0 Å². The van der Waals surface area contributed by atoms with Gasteiger partial charge in [0.25, 0.3) is 5.92 Å². The largest absolute Gasteiger partial charge is 0.354 e. The number of amides is 1. The zero-order valence-corrected chi connectivity index (χ0v) is 18.1. The molecule has 0 spiro atoms. The van der Waals surface area contributed by atoms with Crippen molar-refractivity contribution < 1.29 is 13.6 Å². The van der Waals surface area contributed by atoms with Crippen LogP contribution in [0.15, 0.2) is 40.3 Å². The number of amidine groups is 1. The predicted molar refractivity (Wildman–Crippen MR) is 118 cm³/mol. The van der Waals surface area contributed by atoms with Crippen LogP contribution < -0.4 is 5.32 Å². The second kappa shape index (κ2) is 9.32. The molecule has 6 nitrogen and oxygen atoms in total. The number of hydrogen-bond acceptors (Lipinski definition) is 5. The number of alkyl halides is 2. The summed E-state index contributed by atoms with van der Waals surface area (Å²) in [6, 6.07) is 9.48. The van der Waals surface area contributed by atoms with Gasteiger partial charge in [0.1, 0.15) is 11.9 Å². The molecule has 1 unspecified atom stereocenters. The maximum atomic E-state index is 14.0. The SMILES string of the molecule is CN(CCc1ccccc1)C1=NC(C(=O)NCC2CC2)CC(N2CCCC(F)(F)C2)=N1. The molecule has 0 bridgehead atoms. The lowest BCUT2D eigenvalue weighted by atomic mass is 10.0.